The van der Waals surface area contributed by atoms with Crippen LogP contribution in [0.15, 0.2) is 24.3 Å². The lowest BCUT2D eigenvalue weighted by Gasteiger charge is -2.29. The van der Waals surface area contributed by atoms with Gasteiger partial charge in [-0.25, -0.2) is 0 Å². The summed E-state index contributed by atoms with van der Waals surface area (Å²) in [5.74, 6) is -1.03. The van der Waals surface area contributed by atoms with E-state index in [4.69, 9.17) is 0 Å². The summed E-state index contributed by atoms with van der Waals surface area (Å²) in [5.41, 5.74) is 1.60. The van der Waals surface area contributed by atoms with Crippen molar-refractivity contribution in [1.29, 1.82) is 0 Å². The molecule has 1 atom stereocenters. The lowest BCUT2D eigenvalue weighted by atomic mass is 10.1. The van der Waals surface area contributed by atoms with E-state index in [2.05, 4.69) is 20.9 Å². The Morgan fingerprint density at radius 1 is 1.12 bits per heavy atom. The molecule has 0 aromatic heterocycles. The van der Waals surface area contributed by atoms with E-state index in [0.29, 0.717) is 12.0 Å². The zero-order valence-corrected chi connectivity index (χ0v) is 14.0. The van der Waals surface area contributed by atoms with Gasteiger partial charge in [0.05, 0.1) is 0 Å². The van der Waals surface area contributed by atoms with E-state index in [-0.39, 0.29) is 30.6 Å². The van der Waals surface area contributed by atoms with Crippen molar-refractivity contribution in [3.8, 4) is 0 Å². The van der Waals surface area contributed by atoms with Crippen molar-refractivity contribution in [1.82, 2.24) is 16.0 Å². The number of anilines is 1. The average Bonchev–Trinajstić information content (AvgIpc) is 2.58. The summed E-state index contributed by atoms with van der Waals surface area (Å²) in [5, 5.41) is 8.21. The molecular weight excluding hydrogens is 332 g/mol. The van der Waals surface area contributed by atoms with Gasteiger partial charge in [-0.3, -0.25) is 19.7 Å². The summed E-state index contributed by atoms with van der Waals surface area (Å²) in [6.45, 7) is 3.80. The number of piperidine rings is 1. The number of hydrogen-bond donors (Lipinski definition) is 3. The highest BCUT2D eigenvalue weighted by molar-refractivity contribution is 6.03. The van der Waals surface area contributed by atoms with Crippen LogP contribution in [0.3, 0.4) is 0 Å². The molecule has 2 aliphatic rings. The largest absolute Gasteiger partial charge is 0.369 e. The van der Waals surface area contributed by atoms with Gasteiger partial charge in [0.25, 0.3) is 5.91 Å². The Kier molecular flexibility index (Phi) is 6.16. The maximum atomic E-state index is 12.2. The van der Waals surface area contributed by atoms with Crippen molar-refractivity contribution in [2.75, 3.05) is 31.1 Å². The summed E-state index contributed by atoms with van der Waals surface area (Å²) < 4.78 is 0. The summed E-state index contributed by atoms with van der Waals surface area (Å²) in [6.07, 6.45) is 0.591. The highest BCUT2D eigenvalue weighted by atomic mass is 35.5. The molecule has 0 radical (unpaired) electrons. The van der Waals surface area contributed by atoms with Crippen molar-refractivity contribution in [3.05, 3.63) is 29.8 Å². The molecule has 3 amide bonds. The molecule has 2 heterocycles. The Morgan fingerprint density at radius 2 is 1.79 bits per heavy atom. The first-order valence-corrected chi connectivity index (χ1v) is 7.84. The van der Waals surface area contributed by atoms with Crippen LogP contribution in [-0.4, -0.2) is 49.9 Å². The first kappa shape index (κ1) is 18.2. The maximum Gasteiger partial charge on any atom is 0.251 e. The van der Waals surface area contributed by atoms with Crippen LogP contribution in [0.1, 0.15) is 23.2 Å². The number of carbonyl (C=O) groups excluding carboxylic acids is 3. The van der Waals surface area contributed by atoms with Crippen LogP contribution in [0.25, 0.3) is 0 Å². The normalized spacial score (nSPS) is 20.8. The second-order valence-corrected chi connectivity index (χ2v) is 5.76. The number of nitrogens with one attached hydrogen (secondary N) is 3. The van der Waals surface area contributed by atoms with Crippen LogP contribution >= 0.6 is 12.4 Å². The van der Waals surface area contributed by atoms with Gasteiger partial charge < -0.3 is 15.5 Å². The quantitative estimate of drug-likeness (QED) is 0.669. The summed E-state index contributed by atoms with van der Waals surface area (Å²) in [4.78, 5) is 37.3. The molecule has 1 aromatic rings. The number of halogens is 1. The molecule has 0 saturated carbocycles. The molecule has 130 valence electrons. The van der Waals surface area contributed by atoms with Crippen LogP contribution < -0.4 is 20.9 Å². The molecule has 0 aliphatic carbocycles. The van der Waals surface area contributed by atoms with Crippen LogP contribution in [-0.2, 0) is 9.59 Å². The van der Waals surface area contributed by atoms with Crippen molar-refractivity contribution >= 4 is 35.8 Å². The third kappa shape index (κ3) is 4.24. The Balaban J connectivity index is 0.00000208. The van der Waals surface area contributed by atoms with Crippen LogP contribution in [0.5, 0.6) is 0 Å². The maximum absolute atomic E-state index is 12.2. The Hall–Kier alpha value is -2.12. The van der Waals surface area contributed by atoms with Gasteiger partial charge in [0, 0.05) is 43.9 Å². The molecule has 2 fully saturated rings. The predicted molar refractivity (Wildman–Crippen MR) is 92.4 cm³/mol. The number of rotatable bonds is 3. The topological polar surface area (TPSA) is 90.5 Å². The zero-order valence-electron chi connectivity index (χ0n) is 13.2. The molecule has 2 saturated heterocycles. The third-order valence-corrected chi connectivity index (χ3v) is 4.16. The standard InChI is InChI=1S/C16H20N4O3.ClH/c21-14-6-5-13(16(23)19-14)18-15(22)11-1-3-12(4-2-11)20-9-7-17-8-10-20;/h1-4,13,17H,5-10H2,(H,18,22)(H,19,21,23);1H/t13-;/m0./s1. The molecule has 0 unspecified atom stereocenters. The lowest BCUT2D eigenvalue weighted by molar-refractivity contribution is -0.134. The van der Waals surface area contributed by atoms with Crippen molar-refractivity contribution in [2.45, 2.75) is 18.9 Å². The fourth-order valence-corrected chi connectivity index (χ4v) is 2.82. The highest BCUT2D eigenvalue weighted by Crippen LogP contribution is 2.16. The number of hydrogen-bond acceptors (Lipinski definition) is 5. The van der Waals surface area contributed by atoms with Gasteiger partial charge >= 0.3 is 0 Å². The van der Waals surface area contributed by atoms with Gasteiger partial charge in [0.1, 0.15) is 6.04 Å². The van der Waals surface area contributed by atoms with Gasteiger partial charge in [-0.1, -0.05) is 0 Å². The van der Waals surface area contributed by atoms with Gasteiger partial charge in [-0.2, -0.15) is 0 Å². The third-order valence-electron chi connectivity index (χ3n) is 4.16. The first-order chi connectivity index (χ1) is 11.1. The Labute approximate surface area is 146 Å². The van der Waals surface area contributed by atoms with E-state index in [1.54, 1.807) is 12.1 Å². The molecule has 8 heteroatoms. The van der Waals surface area contributed by atoms with Crippen LogP contribution in [0, 0.1) is 0 Å². The Bertz CT molecular complexity index is 614. The monoisotopic (exact) mass is 352 g/mol. The fraction of sp³-hybridized carbons (Fsp3) is 0.438. The molecular formula is C16H21ClN4O3. The molecule has 0 bridgehead atoms. The highest BCUT2D eigenvalue weighted by Gasteiger charge is 2.28. The second-order valence-electron chi connectivity index (χ2n) is 5.76. The molecule has 2 aliphatic heterocycles. The van der Waals surface area contributed by atoms with E-state index < -0.39 is 11.9 Å². The first-order valence-electron chi connectivity index (χ1n) is 7.84. The molecule has 0 spiro atoms. The minimum Gasteiger partial charge on any atom is -0.369 e. The SMILES string of the molecule is Cl.O=C1CC[C@H](NC(=O)c2ccc(N3CCNCC3)cc2)C(=O)N1. The van der Waals surface area contributed by atoms with E-state index in [1.807, 2.05) is 12.1 Å². The van der Waals surface area contributed by atoms with Crippen LogP contribution in [0.2, 0.25) is 0 Å². The minimum atomic E-state index is -0.645. The van der Waals surface area contributed by atoms with E-state index in [0.717, 1.165) is 31.9 Å². The summed E-state index contributed by atoms with van der Waals surface area (Å²) >= 11 is 0. The van der Waals surface area contributed by atoms with Gasteiger partial charge in [0.15, 0.2) is 0 Å². The number of carbonyl (C=O) groups is 3. The smallest absolute Gasteiger partial charge is 0.251 e. The minimum absolute atomic E-state index is 0. The number of nitrogens with zero attached hydrogens (tertiary/aromatic N) is 1. The van der Waals surface area contributed by atoms with E-state index in [1.165, 1.54) is 0 Å². The number of benzene rings is 1. The number of amides is 3. The summed E-state index contributed by atoms with van der Waals surface area (Å²) in [7, 11) is 0. The average molecular weight is 353 g/mol. The number of piperazine rings is 1. The van der Waals surface area contributed by atoms with Gasteiger partial charge in [-0.05, 0) is 30.7 Å². The van der Waals surface area contributed by atoms with Crippen molar-refractivity contribution < 1.29 is 14.4 Å². The van der Waals surface area contributed by atoms with Crippen molar-refractivity contribution in [2.24, 2.45) is 0 Å². The second kappa shape index (κ2) is 8.12. The van der Waals surface area contributed by atoms with E-state index >= 15 is 0 Å². The van der Waals surface area contributed by atoms with Gasteiger partial charge in [0.2, 0.25) is 11.8 Å². The molecule has 3 rings (SSSR count). The summed E-state index contributed by atoms with van der Waals surface area (Å²) in [6, 6.07) is 6.72. The zero-order chi connectivity index (χ0) is 16.2. The van der Waals surface area contributed by atoms with E-state index in [9.17, 15) is 14.4 Å². The van der Waals surface area contributed by atoms with Crippen LogP contribution in [0.4, 0.5) is 5.69 Å². The van der Waals surface area contributed by atoms with Gasteiger partial charge in [-0.15, -0.1) is 12.4 Å². The molecule has 1 aromatic carbocycles. The number of imide groups is 1. The Morgan fingerprint density at radius 3 is 2.42 bits per heavy atom. The molecule has 3 N–H and O–H groups in total. The fourth-order valence-electron chi connectivity index (χ4n) is 2.82. The lowest BCUT2D eigenvalue weighted by Crippen LogP contribution is -2.52. The van der Waals surface area contributed by atoms with Crippen molar-refractivity contribution in [3.63, 3.8) is 0 Å². The predicted octanol–water partition coefficient (Wildman–Crippen LogP) is 0.0530. The molecule has 24 heavy (non-hydrogen) atoms. The molecule has 7 nitrogen and oxygen atoms in total.